The molecule has 0 aliphatic rings. The smallest absolute Gasteiger partial charge is 0.111 e. The number of benzene rings is 1. The molecule has 0 saturated carbocycles. The molecule has 0 amide bonds. The van der Waals surface area contributed by atoms with Crippen molar-refractivity contribution in [1.29, 1.82) is 0 Å². The highest BCUT2D eigenvalue weighted by Crippen LogP contribution is 2.21. The Morgan fingerprint density at radius 3 is 2.67 bits per heavy atom. The highest BCUT2D eigenvalue weighted by Gasteiger charge is 2.03. The summed E-state index contributed by atoms with van der Waals surface area (Å²) in [7, 11) is 0. The number of hydrogen-bond acceptors (Lipinski definition) is 2. The molecule has 76 valence electrons. The SMILES string of the molecule is Cc1ccc(Cc2ccccc2N=O)[nH]1. The molecule has 0 aliphatic carbocycles. The molecule has 15 heavy (non-hydrogen) atoms. The quantitative estimate of drug-likeness (QED) is 0.759. The van der Waals surface area contributed by atoms with Crippen LogP contribution in [0.2, 0.25) is 0 Å². The molecule has 0 fully saturated rings. The van der Waals surface area contributed by atoms with Crippen molar-refractivity contribution in [3.8, 4) is 0 Å². The Morgan fingerprint density at radius 1 is 1.20 bits per heavy atom. The predicted molar refractivity (Wildman–Crippen MR) is 60.2 cm³/mol. The Bertz CT molecular complexity index is 474. The highest BCUT2D eigenvalue weighted by atomic mass is 16.3. The summed E-state index contributed by atoms with van der Waals surface area (Å²) in [6.07, 6.45) is 0.718. The maximum atomic E-state index is 10.6. The van der Waals surface area contributed by atoms with Crippen LogP contribution in [0.25, 0.3) is 0 Å². The first-order chi connectivity index (χ1) is 7.29. The number of nitrogens with one attached hydrogen (secondary N) is 1. The van der Waals surface area contributed by atoms with E-state index in [-0.39, 0.29) is 0 Å². The molecule has 0 radical (unpaired) electrons. The molecule has 1 heterocycles. The Labute approximate surface area is 88.1 Å². The summed E-state index contributed by atoms with van der Waals surface area (Å²) < 4.78 is 0. The maximum Gasteiger partial charge on any atom is 0.111 e. The van der Waals surface area contributed by atoms with E-state index in [4.69, 9.17) is 0 Å². The fraction of sp³-hybridized carbons (Fsp3) is 0.167. The largest absolute Gasteiger partial charge is 0.362 e. The third-order valence-electron chi connectivity index (χ3n) is 2.36. The van der Waals surface area contributed by atoms with Crippen molar-refractivity contribution in [3.63, 3.8) is 0 Å². The molecule has 3 heteroatoms. The van der Waals surface area contributed by atoms with Gasteiger partial charge in [0.05, 0.1) is 0 Å². The van der Waals surface area contributed by atoms with Crippen LogP contribution in [0.15, 0.2) is 41.6 Å². The topological polar surface area (TPSA) is 45.2 Å². The van der Waals surface area contributed by atoms with Crippen LogP contribution in [0.4, 0.5) is 5.69 Å². The van der Waals surface area contributed by atoms with Crippen LogP contribution in [0.3, 0.4) is 0 Å². The van der Waals surface area contributed by atoms with Crippen LogP contribution in [-0.4, -0.2) is 4.98 Å². The third-order valence-corrected chi connectivity index (χ3v) is 2.36. The van der Waals surface area contributed by atoms with Gasteiger partial charge in [0.15, 0.2) is 0 Å². The van der Waals surface area contributed by atoms with Gasteiger partial charge in [-0.1, -0.05) is 18.2 Å². The van der Waals surface area contributed by atoms with Crippen LogP contribution in [-0.2, 0) is 6.42 Å². The number of nitroso groups, excluding NO2 is 1. The Morgan fingerprint density at radius 2 is 2.00 bits per heavy atom. The van der Waals surface area contributed by atoms with Gasteiger partial charge in [-0.15, -0.1) is 4.91 Å². The lowest BCUT2D eigenvalue weighted by molar-refractivity contribution is 1.08. The van der Waals surface area contributed by atoms with Gasteiger partial charge in [-0.2, -0.15) is 0 Å². The van der Waals surface area contributed by atoms with Crippen molar-refractivity contribution in [3.05, 3.63) is 58.3 Å². The van der Waals surface area contributed by atoms with Gasteiger partial charge in [0.1, 0.15) is 5.69 Å². The molecule has 0 saturated heterocycles. The number of aromatic nitrogens is 1. The van der Waals surface area contributed by atoms with E-state index >= 15 is 0 Å². The summed E-state index contributed by atoms with van der Waals surface area (Å²) >= 11 is 0. The number of aromatic amines is 1. The van der Waals surface area contributed by atoms with Gasteiger partial charge in [0.2, 0.25) is 0 Å². The standard InChI is InChI=1S/C12H12N2O/c1-9-6-7-11(13-9)8-10-4-2-3-5-12(10)14-15/h2-7,13H,8H2,1H3. The van der Waals surface area contributed by atoms with Gasteiger partial charge < -0.3 is 4.98 Å². The molecule has 0 atom stereocenters. The van der Waals surface area contributed by atoms with E-state index in [1.54, 1.807) is 6.07 Å². The number of aryl methyl sites for hydroxylation is 1. The van der Waals surface area contributed by atoms with Gasteiger partial charge in [-0.25, -0.2) is 0 Å². The van der Waals surface area contributed by atoms with Crippen molar-refractivity contribution in [2.45, 2.75) is 13.3 Å². The van der Waals surface area contributed by atoms with E-state index in [9.17, 15) is 4.91 Å². The molecular formula is C12H12N2O. The molecule has 3 nitrogen and oxygen atoms in total. The van der Waals surface area contributed by atoms with Crippen LogP contribution in [0, 0.1) is 11.8 Å². The fourth-order valence-electron chi connectivity index (χ4n) is 1.62. The zero-order valence-corrected chi connectivity index (χ0v) is 8.53. The van der Waals surface area contributed by atoms with Crippen LogP contribution in [0.5, 0.6) is 0 Å². The average Bonchev–Trinajstić information content (AvgIpc) is 2.65. The number of nitrogens with zero attached hydrogens (tertiary/aromatic N) is 1. The molecular weight excluding hydrogens is 188 g/mol. The summed E-state index contributed by atoms with van der Waals surface area (Å²) in [5, 5.41) is 3.01. The summed E-state index contributed by atoms with van der Waals surface area (Å²) in [6, 6.07) is 11.4. The minimum atomic E-state index is 0.518. The Hall–Kier alpha value is -1.90. The van der Waals surface area contributed by atoms with Crippen LogP contribution < -0.4 is 0 Å². The first kappa shape index (κ1) is 9.65. The second kappa shape index (κ2) is 4.09. The minimum absolute atomic E-state index is 0.518. The van der Waals surface area contributed by atoms with E-state index in [0.717, 1.165) is 23.4 Å². The average molecular weight is 200 g/mol. The normalized spacial score (nSPS) is 10.2. The Kier molecular flexibility index (Phi) is 2.63. The molecule has 0 spiro atoms. The number of H-pyrrole nitrogens is 1. The molecule has 2 aromatic rings. The van der Waals surface area contributed by atoms with Crippen LogP contribution >= 0.6 is 0 Å². The van der Waals surface area contributed by atoms with Gasteiger partial charge in [0, 0.05) is 17.8 Å². The molecule has 1 aromatic carbocycles. The zero-order valence-electron chi connectivity index (χ0n) is 8.53. The molecule has 0 bridgehead atoms. The van der Waals surface area contributed by atoms with Crippen molar-refractivity contribution in [2.75, 3.05) is 0 Å². The monoisotopic (exact) mass is 200 g/mol. The second-order valence-corrected chi connectivity index (χ2v) is 3.56. The fourth-order valence-corrected chi connectivity index (χ4v) is 1.62. The minimum Gasteiger partial charge on any atom is -0.362 e. The number of hydrogen-bond donors (Lipinski definition) is 1. The summed E-state index contributed by atoms with van der Waals surface area (Å²) in [6.45, 7) is 2.01. The second-order valence-electron chi connectivity index (χ2n) is 3.56. The zero-order chi connectivity index (χ0) is 10.7. The lowest BCUT2D eigenvalue weighted by Crippen LogP contribution is -1.88. The van der Waals surface area contributed by atoms with E-state index in [1.165, 1.54) is 0 Å². The number of rotatable bonds is 3. The first-order valence-electron chi connectivity index (χ1n) is 4.85. The molecule has 1 aromatic heterocycles. The van der Waals surface area contributed by atoms with Crippen molar-refractivity contribution < 1.29 is 0 Å². The molecule has 2 rings (SSSR count). The van der Waals surface area contributed by atoms with E-state index in [1.807, 2.05) is 37.3 Å². The highest BCUT2D eigenvalue weighted by molar-refractivity contribution is 5.47. The summed E-state index contributed by atoms with van der Waals surface area (Å²) in [5.74, 6) is 0. The maximum absolute atomic E-state index is 10.6. The van der Waals surface area contributed by atoms with E-state index in [2.05, 4.69) is 10.2 Å². The van der Waals surface area contributed by atoms with Crippen molar-refractivity contribution in [1.82, 2.24) is 4.98 Å². The van der Waals surface area contributed by atoms with Crippen LogP contribution in [0.1, 0.15) is 17.0 Å². The van der Waals surface area contributed by atoms with Gasteiger partial charge in [-0.3, -0.25) is 0 Å². The van der Waals surface area contributed by atoms with Crippen molar-refractivity contribution in [2.24, 2.45) is 5.18 Å². The molecule has 1 N–H and O–H groups in total. The van der Waals surface area contributed by atoms with E-state index < -0.39 is 0 Å². The van der Waals surface area contributed by atoms with Gasteiger partial charge >= 0.3 is 0 Å². The third kappa shape index (κ3) is 2.13. The van der Waals surface area contributed by atoms with Crippen molar-refractivity contribution >= 4 is 5.69 Å². The van der Waals surface area contributed by atoms with Gasteiger partial charge in [-0.05, 0) is 35.9 Å². The Balaban J connectivity index is 2.27. The lowest BCUT2D eigenvalue weighted by Gasteiger charge is -2.01. The predicted octanol–water partition coefficient (Wildman–Crippen LogP) is 3.31. The summed E-state index contributed by atoms with van der Waals surface area (Å²) in [4.78, 5) is 13.8. The lowest BCUT2D eigenvalue weighted by atomic mass is 10.1. The first-order valence-corrected chi connectivity index (χ1v) is 4.85. The molecule has 0 aliphatic heterocycles. The van der Waals surface area contributed by atoms with E-state index in [0.29, 0.717) is 5.69 Å². The summed E-state index contributed by atoms with van der Waals surface area (Å²) in [5.41, 5.74) is 3.70. The molecule has 0 unspecified atom stereocenters. The van der Waals surface area contributed by atoms with Gasteiger partial charge in [0.25, 0.3) is 0 Å².